The second-order valence-electron chi connectivity index (χ2n) is 11.2. The lowest BCUT2D eigenvalue weighted by Crippen LogP contribution is -2.52. The lowest BCUT2D eigenvalue weighted by molar-refractivity contribution is -0.141. The van der Waals surface area contributed by atoms with Gasteiger partial charge in [0.1, 0.15) is 17.5 Å². The van der Waals surface area contributed by atoms with Gasteiger partial charge in [-0.1, -0.05) is 55.3 Å². The predicted octanol–water partition coefficient (Wildman–Crippen LogP) is 4.95. The summed E-state index contributed by atoms with van der Waals surface area (Å²) < 4.78 is 37.3. The van der Waals surface area contributed by atoms with E-state index < -0.39 is 16.1 Å². The van der Waals surface area contributed by atoms with E-state index in [1.807, 2.05) is 54.6 Å². The molecule has 0 aliphatic heterocycles. The fourth-order valence-corrected chi connectivity index (χ4v) is 6.61. The number of amides is 2. The van der Waals surface area contributed by atoms with E-state index in [1.54, 1.807) is 43.4 Å². The van der Waals surface area contributed by atoms with Crippen molar-refractivity contribution in [3.05, 3.63) is 90.0 Å². The second kappa shape index (κ2) is 15.6. The van der Waals surface area contributed by atoms with E-state index >= 15 is 0 Å². The summed E-state index contributed by atoms with van der Waals surface area (Å²) in [7, 11) is -0.470. The SMILES string of the molecule is COc1ccc(N(CCCC(=O)N(Cc2cccc(OC)c2)C(Cc2ccccc2)C(=O)NC2CCCC2)S(C)(=O)=O)cc1. The summed E-state index contributed by atoms with van der Waals surface area (Å²) in [6.45, 7) is 0.321. The van der Waals surface area contributed by atoms with Crippen LogP contribution >= 0.6 is 0 Å². The van der Waals surface area contributed by atoms with Crippen molar-refractivity contribution in [2.24, 2.45) is 0 Å². The van der Waals surface area contributed by atoms with Crippen LogP contribution in [0, 0.1) is 0 Å². The molecule has 0 aromatic heterocycles. The molecular formula is C34H43N3O6S. The summed E-state index contributed by atoms with van der Waals surface area (Å²) in [5, 5.41) is 3.21. The number of carbonyl (C=O) groups is 2. The summed E-state index contributed by atoms with van der Waals surface area (Å²) in [6, 6.07) is 23.3. The number of methoxy groups -OCH3 is 2. The normalized spacial score (nSPS) is 14.1. The van der Waals surface area contributed by atoms with Crippen LogP contribution in [0.4, 0.5) is 5.69 Å². The fourth-order valence-electron chi connectivity index (χ4n) is 5.64. The van der Waals surface area contributed by atoms with Crippen LogP contribution in [0.25, 0.3) is 0 Å². The maximum Gasteiger partial charge on any atom is 0.243 e. The third-order valence-corrected chi connectivity index (χ3v) is 9.17. The lowest BCUT2D eigenvalue weighted by atomic mass is 10.0. The monoisotopic (exact) mass is 621 g/mol. The molecule has 1 unspecified atom stereocenters. The van der Waals surface area contributed by atoms with Gasteiger partial charge in [0.2, 0.25) is 21.8 Å². The number of rotatable bonds is 15. The van der Waals surface area contributed by atoms with Crippen molar-refractivity contribution in [3.8, 4) is 11.5 Å². The van der Waals surface area contributed by atoms with Crippen LogP contribution < -0.4 is 19.1 Å². The Bertz CT molecular complexity index is 1470. The zero-order chi connectivity index (χ0) is 31.5. The number of nitrogens with zero attached hydrogens (tertiary/aromatic N) is 2. The number of ether oxygens (including phenoxy) is 2. The molecule has 2 amide bonds. The first kappa shape index (κ1) is 32.9. The molecule has 3 aromatic rings. The third kappa shape index (κ3) is 9.22. The predicted molar refractivity (Wildman–Crippen MR) is 172 cm³/mol. The van der Waals surface area contributed by atoms with Crippen molar-refractivity contribution in [3.63, 3.8) is 0 Å². The largest absolute Gasteiger partial charge is 0.497 e. The Labute approximate surface area is 261 Å². The van der Waals surface area contributed by atoms with E-state index in [1.165, 1.54) is 4.31 Å². The molecule has 3 aromatic carbocycles. The molecule has 1 atom stereocenters. The molecule has 1 aliphatic rings. The summed E-state index contributed by atoms with van der Waals surface area (Å²) in [5.41, 5.74) is 2.28. The van der Waals surface area contributed by atoms with Crippen molar-refractivity contribution in [2.75, 3.05) is 31.3 Å². The minimum atomic E-state index is -3.61. The van der Waals surface area contributed by atoms with Crippen molar-refractivity contribution < 1.29 is 27.5 Å². The van der Waals surface area contributed by atoms with Crippen LogP contribution in [0.5, 0.6) is 11.5 Å². The van der Waals surface area contributed by atoms with Gasteiger partial charge in [0.05, 0.1) is 26.2 Å². The van der Waals surface area contributed by atoms with Crippen molar-refractivity contribution in [2.45, 2.75) is 63.6 Å². The zero-order valence-corrected chi connectivity index (χ0v) is 26.6. The fraction of sp³-hybridized carbons (Fsp3) is 0.412. The molecule has 1 N–H and O–H groups in total. The topological polar surface area (TPSA) is 105 Å². The van der Waals surface area contributed by atoms with Gasteiger partial charge in [-0.25, -0.2) is 8.42 Å². The van der Waals surface area contributed by atoms with Crippen LogP contribution in [-0.2, 0) is 32.6 Å². The number of hydrogen-bond donors (Lipinski definition) is 1. The molecule has 1 saturated carbocycles. The Morgan fingerprint density at radius 3 is 2.18 bits per heavy atom. The summed E-state index contributed by atoms with van der Waals surface area (Å²) in [6.07, 6.45) is 5.86. The van der Waals surface area contributed by atoms with Crippen LogP contribution in [0.3, 0.4) is 0 Å². The molecular weight excluding hydrogens is 578 g/mol. The molecule has 0 saturated heterocycles. The van der Waals surface area contributed by atoms with Gasteiger partial charge in [0.25, 0.3) is 0 Å². The first-order valence-corrected chi connectivity index (χ1v) is 16.9. The summed E-state index contributed by atoms with van der Waals surface area (Å²) in [5.74, 6) is 0.880. The Hall–Kier alpha value is -4.05. The van der Waals surface area contributed by atoms with E-state index in [4.69, 9.17) is 9.47 Å². The number of benzene rings is 3. The molecule has 10 heteroatoms. The van der Waals surface area contributed by atoms with Crippen LogP contribution in [0.1, 0.15) is 49.7 Å². The maximum atomic E-state index is 14.1. The molecule has 0 radical (unpaired) electrons. The molecule has 4 rings (SSSR count). The van der Waals surface area contributed by atoms with Gasteiger partial charge in [0.15, 0.2) is 0 Å². The second-order valence-corrected chi connectivity index (χ2v) is 13.1. The van der Waals surface area contributed by atoms with Gasteiger partial charge in [-0.2, -0.15) is 0 Å². The average Bonchev–Trinajstić information content (AvgIpc) is 3.54. The van der Waals surface area contributed by atoms with E-state index in [0.717, 1.165) is 43.1 Å². The quantitative estimate of drug-likeness (QED) is 0.258. The molecule has 0 bridgehead atoms. The van der Waals surface area contributed by atoms with Crippen LogP contribution in [0.15, 0.2) is 78.9 Å². The summed E-state index contributed by atoms with van der Waals surface area (Å²) in [4.78, 5) is 29.6. The number of nitrogens with one attached hydrogen (secondary N) is 1. The number of sulfonamides is 1. The Balaban J connectivity index is 1.59. The minimum absolute atomic E-state index is 0.0636. The van der Waals surface area contributed by atoms with E-state index in [2.05, 4.69) is 5.32 Å². The number of anilines is 1. The standard InChI is InChI=1S/C34H43N3O6S/c1-42-30-20-18-29(19-21-30)37(44(3,40)41)22-10-17-33(38)36(25-27-13-9-16-31(23-27)43-2)32(24-26-11-5-4-6-12-26)34(39)35-28-14-7-8-15-28/h4-6,9,11-13,16,18-21,23,28,32H,7-8,10,14-15,17,22,24-25H2,1-3H3,(H,35,39). The molecule has 9 nitrogen and oxygen atoms in total. The lowest BCUT2D eigenvalue weighted by Gasteiger charge is -2.33. The van der Waals surface area contributed by atoms with Crippen molar-refractivity contribution in [1.29, 1.82) is 0 Å². The number of hydrogen-bond acceptors (Lipinski definition) is 6. The van der Waals surface area contributed by atoms with Gasteiger partial charge in [-0.05, 0) is 66.8 Å². The first-order chi connectivity index (χ1) is 21.2. The Kier molecular flexibility index (Phi) is 11.7. The molecule has 236 valence electrons. The first-order valence-electron chi connectivity index (χ1n) is 15.1. The summed E-state index contributed by atoms with van der Waals surface area (Å²) >= 11 is 0. The van der Waals surface area contributed by atoms with E-state index in [0.29, 0.717) is 23.6 Å². The zero-order valence-electron chi connectivity index (χ0n) is 25.8. The maximum absolute atomic E-state index is 14.1. The highest BCUT2D eigenvalue weighted by molar-refractivity contribution is 7.92. The highest BCUT2D eigenvalue weighted by atomic mass is 32.2. The van der Waals surface area contributed by atoms with Crippen molar-refractivity contribution in [1.82, 2.24) is 10.2 Å². The molecule has 1 aliphatic carbocycles. The van der Waals surface area contributed by atoms with Crippen LogP contribution in [0.2, 0.25) is 0 Å². The molecule has 44 heavy (non-hydrogen) atoms. The molecule has 0 spiro atoms. The van der Waals surface area contributed by atoms with Gasteiger partial charge >= 0.3 is 0 Å². The van der Waals surface area contributed by atoms with E-state index in [9.17, 15) is 18.0 Å². The van der Waals surface area contributed by atoms with Gasteiger partial charge in [-0.3, -0.25) is 13.9 Å². The van der Waals surface area contributed by atoms with Gasteiger partial charge < -0.3 is 19.7 Å². The number of carbonyl (C=O) groups excluding carboxylic acids is 2. The third-order valence-electron chi connectivity index (χ3n) is 7.97. The average molecular weight is 622 g/mol. The van der Waals surface area contributed by atoms with Crippen molar-refractivity contribution >= 4 is 27.5 Å². The Morgan fingerprint density at radius 2 is 1.55 bits per heavy atom. The highest BCUT2D eigenvalue weighted by Gasteiger charge is 2.32. The van der Waals surface area contributed by atoms with Gasteiger partial charge in [0, 0.05) is 32.0 Å². The van der Waals surface area contributed by atoms with E-state index in [-0.39, 0.29) is 43.8 Å². The Morgan fingerprint density at radius 1 is 0.886 bits per heavy atom. The molecule has 1 fully saturated rings. The minimum Gasteiger partial charge on any atom is -0.497 e. The van der Waals surface area contributed by atoms with Gasteiger partial charge in [-0.15, -0.1) is 0 Å². The smallest absolute Gasteiger partial charge is 0.243 e. The molecule has 0 heterocycles. The highest BCUT2D eigenvalue weighted by Crippen LogP contribution is 2.24. The van der Waals surface area contributed by atoms with Crippen LogP contribution in [-0.4, -0.2) is 64.2 Å².